The normalized spacial score (nSPS) is 14.9. The maximum absolute atomic E-state index is 13.1. The smallest absolute Gasteiger partial charge is 0.294 e. The minimum atomic E-state index is -0.461. The molecule has 12 heteroatoms. The molecule has 5 heterocycles. The van der Waals surface area contributed by atoms with Crippen molar-refractivity contribution in [2.75, 3.05) is 30.3 Å². The summed E-state index contributed by atoms with van der Waals surface area (Å²) in [6.07, 6.45) is 3.27. The molecule has 0 spiro atoms. The van der Waals surface area contributed by atoms with Gasteiger partial charge in [0.1, 0.15) is 0 Å². The third kappa shape index (κ3) is 5.06. The Labute approximate surface area is 213 Å². The van der Waals surface area contributed by atoms with E-state index in [0.29, 0.717) is 40.6 Å². The van der Waals surface area contributed by atoms with E-state index < -0.39 is 5.91 Å². The second-order valence-corrected chi connectivity index (χ2v) is 10.1. The number of nitrogens with one attached hydrogen (secondary N) is 2. The average Bonchev–Trinajstić information content (AvgIpc) is 3.42. The van der Waals surface area contributed by atoms with Crippen molar-refractivity contribution in [3.8, 4) is 11.3 Å². The van der Waals surface area contributed by atoms with Crippen LogP contribution in [0.3, 0.4) is 0 Å². The van der Waals surface area contributed by atoms with Crippen LogP contribution in [0.2, 0.25) is 0 Å². The molecule has 0 aromatic carbocycles. The molecule has 1 saturated heterocycles. The number of carbonyl (C=O) groups is 2. The summed E-state index contributed by atoms with van der Waals surface area (Å²) in [5, 5.41) is 27.7. The lowest BCUT2D eigenvalue weighted by atomic mass is 9.84. The number of pyridine rings is 2. The van der Waals surface area contributed by atoms with E-state index in [1.165, 1.54) is 0 Å². The van der Waals surface area contributed by atoms with Crippen molar-refractivity contribution < 1.29 is 14.7 Å². The number of rotatable bonds is 7. The number of aryl methyl sites for hydroxylation is 2. The largest absolute Gasteiger partial charge is 0.390 e. The highest BCUT2D eigenvalue weighted by Crippen LogP contribution is 2.28. The second-order valence-electron chi connectivity index (χ2n) is 10.1. The molecule has 3 N–H and O–H groups in total. The highest BCUT2D eigenvalue weighted by molar-refractivity contribution is 6.03. The van der Waals surface area contributed by atoms with Crippen molar-refractivity contribution in [1.82, 2.24) is 34.3 Å². The van der Waals surface area contributed by atoms with E-state index in [0.717, 1.165) is 18.7 Å². The fourth-order valence-electron chi connectivity index (χ4n) is 4.59. The van der Waals surface area contributed by atoms with Gasteiger partial charge in [-0.1, -0.05) is 13.8 Å². The number of aromatic nitrogens is 6. The zero-order valence-electron chi connectivity index (χ0n) is 21.2. The monoisotopic (exact) mass is 503 g/mol. The van der Waals surface area contributed by atoms with Gasteiger partial charge in [-0.05, 0) is 36.6 Å². The Bertz CT molecular complexity index is 1500. The fraction of sp³-hybridized carbons (Fsp3) is 0.360. The molecule has 0 atom stereocenters. The molecule has 4 aromatic rings. The number of carbonyl (C=O) groups excluding carboxylic acids is 2. The van der Waals surface area contributed by atoms with E-state index in [1.807, 2.05) is 0 Å². The maximum Gasteiger partial charge on any atom is 0.294 e. The van der Waals surface area contributed by atoms with Gasteiger partial charge in [0.2, 0.25) is 11.7 Å². The van der Waals surface area contributed by atoms with Gasteiger partial charge in [0.25, 0.3) is 5.91 Å². The van der Waals surface area contributed by atoms with Crippen molar-refractivity contribution in [1.29, 1.82) is 0 Å². The minimum absolute atomic E-state index is 0.104. The second kappa shape index (κ2) is 9.37. The molecule has 0 unspecified atom stereocenters. The molecule has 192 valence electrons. The fourth-order valence-corrected chi connectivity index (χ4v) is 4.59. The molecule has 1 fully saturated rings. The van der Waals surface area contributed by atoms with Crippen molar-refractivity contribution in [2.24, 2.45) is 12.5 Å². The zero-order valence-corrected chi connectivity index (χ0v) is 21.2. The topological polar surface area (TPSA) is 143 Å². The number of nitrogens with zero attached hydrogens (tertiary/aromatic N) is 7. The van der Waals surface area contributed by atoms with Crippen molar-refractivity contribution >= 4 is 28.8 Å². The van der Waals surface area contributed by atoms with Gasteiger partial charge < -0.3 is 15.7 Å². The lowest BCUT2D eigenvalue weighted by Gasteiger charge is -2.45. The summed E-state index contributed by atoms with van der Waals surface area (Å²) in [6.45, 7) is 8.08. The summed E-state index contributed by atoms with van der Waals surface area (Å²) in [5.74, 6) is -0.485. The van der Waals surface area contributed by atoms with Crippen LogP contribution < -0.4 is 10.6 Å². The van der Waals surface area contributed by atoms with E-state index in [4.69, 9.17) is 0 Å². The SMILES string of the molecule is Cc1ncc(NC(=O)CN2CC(C)(C)C2)cc1NC(=O)c1nnc2cc(-c3cc(CO)n(C)n3)ccn12. The number of hydrogen-bond acceptors (Lipinski definition) is 8. The Balaban J connectivity index is 1.29. The quantitative estimate of drug-likeness (QED) is 0.347. The van der Waals surface area contributed by atoms with Gasteiger partial charge in [-0.25, -0.2) is 0 Å². The predicted molar refractivity (Wildman–Crippen MR) is 137 cm³/mol. The van der Waals surface area contributed by atoms with Crippen molar-refractivity contribution in [3.05, 3.63) is 53.9 Å². The first kappa shape index (κ1) is 24.5. The molecular formula is C25H29N9O3. The van der Waals surface area contributed by atoms with E-state index in [2.05, 4.69) is 49.7 Å². The van der Waals surface area contributed by atoms with Crippen LogP contribution in [0, 0.1) is 12.3 Å². The number of hydrogen-bond donors (Lipinski definition) is 3. The van der Waals surface area contributed by atoms with Crippen molar-refractivity contribution in [3.63, 3.8) is 0 Å². The summed E-state index contributed by atoms with van der Waals surface area (Å²) in [6, 6.07) is 7.05. The highest BCUT2D eigenvalue weighted by atomic mass is 16.3. The van der Waals surface area contributed by atoms with E-state index in [-0.39, 0.29) is 23.8 Å². The summed E-state index contributed by atoms with van der Waals surface area (Å²) < 4.78 is 3.19. The van der Waals surface area contributed by atoms with Crippen LogP contribution >= 0.6 is 0 Å². The molecule has 0 radical (unpaired) electrons. The van der Waals surface area contributed by atoms with Crippen LogP contribution in [0.15, 0.2) is 36.7 Å². The van der Waals surface area contributed by atoms with Gasteiger partial charge in [0, 0.05) is 31.9 Å². The molecule has 0 bridgehead atoms. The molecular weight excluding hydrogens is 474 g/mol. The third-order valence-electron chi connectivity index (χ3n) is 6.34. The molecule has 5 rings (SSSR count). The van der Waals surface area contributed by atoms with Gasteiger partial charge in [0.05, 0.1) is 47.8 Å². The van der Waals surface area contributed by atoms with Crippen LogP contribution in [0.5, 0.6) is 0 Å². The summed E-state index contributed by atoms with van der Waals surface area (Å²) in [4.78, 5) is 31.9. The molecule has 0 saturated carbocycles. The van der Waals surface area contributed by atoms with Gasteiger partial charge in [0.15, 0.2) is 5.65 Å². The first-order chi connectivity index (χ1) is 17.6. The number of likely N-dealkylation sites (tertiary alicyclic amines) is 1. The molecule has 12 nitrogen and oxygen atoms in total. The first-order valence-corrected chi connectivity index (χ1v) is 11.9. The lowest BCUT2D eigenvalue weighted by molar-refractivity contribution is -0.120. The molecule has 4 aromatic heterocycles. The summed E-state index contributed by atoms with van der Waals surface area (Å²) in [5.41, 5.74) is 4.44. The zero-order chi connectivity index (χ0) is 26.3. The van der Waals surface area contributed by atoms with E-state index in [1.54, 1.807) is 59.7 Å². The lowest BCUT2D eigenvalue weighted by Crippen LogP contribution is -2.54. The standard InChI is InChI=1S/C25H29N9O3/c1-15-19(8-17(10-26-15)27-22(36)11-33-13-25(2,3)14-33)28-24(37)23-30-29-21-7-16(5-6-34(21)23)20-9-18(12-35)32(4)31-20/h5-10,35H,11-14H2,1-4H3,(H,27,36)(H,28,37). The Morgan fingerprint density at radius 3 is 2.62 bits per heavy atom. The van der Waals surface area contributed by atoms with E-state index in [9.17, 15) is 14.7 Å². The minimum Gasteiger partial charge on any atom is -0.390 e. The van der Waals surface area contributed by atoms with Gasteiger partial charge >= 0.3 is 0 Å². The number of anilines is 2. The third-order valence-corrected chi connectivity index (χ3v) is 6.34. The first-order valence-electron chi connectivity index (χ1n) is 11.9. The molecule has 0 aliphatic carbocycles. The number of aliphatic hydroxyl groups excluding tert-OH is 1. The number of fused-ring (bicyclic) bond motifs is 1. The van der Waals surface area contributed by atoms with E-state index >= 15 is 0 Å². The number of aliphatic hydroxyl groups is 1. The Kier molecular flexibility index (Phi) is 6.21. The van der Waals surface area contributed by atoms with Crippen LogP contribution in [-0.4, -0.2) is 70.8 Å². The Morgan fingerprint density at radius 2 is 1.92 bits per heavy atom. The van der Waals surface area contributed by atoms with Gasteiger partial charge in [-0.2, -0.15) is 5.10 Å². The molecule has 1 aliphatic heterocycles. The van der Waals surface area contributed by atoms with Gasteiger partial charge in [-0.15, -0.1) is 10.2 Å². The maximum atomic E-state index is 13.1. The Morgan fingerprint density at radius 1 is 1.14 bits per heavy atom. The van der Waals surface area contributed by atoms with Crippen LogP contribution in [0.4, 0.5) is 11.4 Å². The molecule has 1 aliphatic rings. The molecule has 37 heavy (non-hydrogen) atoms. The van der Waals surface area contributed by atoms with Crippen LogP contribution in [-0.2, 0) is 18.4 Å². The van der Waals surface area contributed by atoms with Gasteiger partial charge in [-0.3, -0.25) is 28.6 Å². The van der Waals surface area contributed by atoms with Crippen LogP contribution in [0.1, 0.15) is 35.9 Å². The summed E-state index contributed by atoms with van der Waals surface area (Å²) in [7, 11) is 1.76. The van der Waals surface area contributed by atoms with Crippen molar-refractivity contribution in [2.45, 2.75) is 27.4 Å². The predicted octanol–water partition coefficient (Wildman–Crippen LogP) is 1.86. The average molecular weight is 504 g/mol. The summed E-state index contributed by atoms with van der Waals surface area (Å²) >= 11 is 0. The Hall–Kier alpha value is -4.16. The number of amides is 2. The van der Waals surface area contributed by atoms with Crippen LogP contribution in [0.25, 0.3) is 16.9 Å². The molecule has 2 amide bonds. The highest BCUT2D eigenvalue weighted by Gasteiger charge is 2.34.